The van der Waals surface area contributed by atoms with Crippen LogP contribution in [0.1, 0.15) is 24.0 Å². The van der Waals surface area contributed by atoms with Crippen molar-refractivity contribution in [3.8, 4) is 0 Å². The minimum Gasteiger partial charge on any atom is -0.453 e. The van der Waals surface area contributed by atoms with Gasteiger partial charge in [0, 0.05) is 19.1 Å². The fraction of sp³-hybridized carbons (Fsp3) is 0.533. The van der Waals surface area contributed by atoms with Gasteiger partial charge in [-0.15, -0.1) is 0 Å². The Bertz CT molecular complexity index is 650. The average Bonchev–Trinajstić information content (AvgIpc) is 2.49. The minimum absolute atomic E-state index is 0.160. The summed E-state index contributed by atoms with van der Waals surface area (Å²) in [4.78, 5) is 13.3. The van der Waals surface area contributed by atoms with Gasteiger partial charge in [0.15, 0.2) is 0 Å². The van der Waals surface area contributed by atoms with Crippen molar-refractivity contribution in [1.29, 1.82) is 0 Å². The summed E-state index contributed by atoms with van der Waals surface area (Å²) >= 11 is 0. The zero-order chi connectivity index (χ0) is 16.3. The quantitative estimate of drug-likeness (QED) is 0.919. The van der Waals surface area contributed by atoms with Crippen molar-refractivity contribution in [2.45, 2.75) is 37.6 Å². The van der Waals surface area contributed by atoms with Gasteiger partial charge in [-0.1, -0.05) is 6.07 Å². The molecule has 0 unspecified atom stereocenters. The van der Waals surface area contributed by atoms with Crippen LogP contribution in [-0.4, -0.2) is 45.7 Å². The molecule has 2 rings (SSSR count). The zero-order valence-corrected chi connectivity index (χ0v) is 13.9. The zero-order valence-electron chi connectivity index (χ0n) is 13.1. The molecule has 0 aromatic heterocycles. The largest absolute Gasteiger partial charge is 0.453 e. The van der Waals surface area contributed by atoms with Gasteiger partial charge in [0.1, 0.15) is 0 Å². The maximum Gasteiger partial charge on any atom is 0.409 e. The maximum atomic E-state index is 12.4. The van der Waals surface area contributed by atoms with E-state index < -0.39 is 10.0 Å². The smallest absolute Gasteiger partial charge is 0.409 e. The van der Waals surface area contributed by atoms with Gasteiger partial charge in [0.25, 0.3) is 0 Å². The van der Waals surface area contributed by atoms with E-state index >= 15 is 0 Å². The number of sulfonamides is 1. The highest BCUT2D eigenvalue weighted by Gasteiger charge is 2.27. The van der Waals surface area contributed by atoms with Gasteiger partial charge in [0.05, 0.1) is 12.0 Å². The van der Waals surface area contributed by atoms with Gasteiger partial charge in [-0.05, 0) is 49.9 Å². The molecule has 0 spiro atoms. The fourth-order valence-electron chi connectivity index (χ4n) is 2.48. The van der Waals surface area contributed by atoms with Gasteiger partial charge in [-0.25, -0.2) is 17.9 Å². The lowest BCUT2D eigenvalue weighted by atomic mass is 10.1. The van der Waals surface area contributed by atoms with Crippen molar-refractivity contribution < 1.29 is 17.9 Å². The highest BCUT2D eigenvalue weighted by Crippen LogP contribution is 2.18. The number of hydrogen-bond donors (Lipinski definition) is 1. The van der Waals surface area contributed by atoms with Crippen LogP contribution in [0.25, 0.3) is 0 Å². The van der Waals surface area contributed by atoms with E-state index in [1.807, 2.05) is 19.9 Å². The predicted octanol–water partition coefficient (Wildman–Crippen LogP) is 1.81. The highest BCUT2D eigenvalue weighted by molar-refractivity contribution is 7.89. The number of amides is 1. The summed E-state index contributed by atoms with van der Waals surface area (Å²) in [6.45, 7) is 4.82. The molecule has 1 aromatic rings. The topological polar surface area (TPSA) is 75.7 Å². The molecule has 1 aliphatic rings. The molecule has 1 fully saturated rings. The Kier molecular flexibility index (Phi) is 5.08. The number of ether oxygens (including phenoxy) is 1. The van der Waals surface area contributed by atoms with Gasteiger partial charge >= 0.3 is 6.09 Å². The number of nitrogens with zero attached hydrogens (tertiary/aromatic N) is 1. The van der Waals surface area contributed by atoms with E-state index in [9.17, 15) is 13.2 Å². The third kappa shape index (κ3) is 3.78. The van der Waals surface area contributed by atoms with Gasteiger partial charge in [-0.3, -0.25) is 0 Å². The number of carbonyl (C=O) groups is 1. The Morgan fingerprint density at radius 1 is 1.23 bits per heavy atom. The molecule has 6 nitrogen and oxygen atoms in total. The summed E-state index contributed by atoms with van der Waals surface area (Å²) in [7, 11) is -2.18. The standard InChI is InChI=1S/C15H22N2O4S/c1-11-4-5-14(10-12(11)2)22(19,20)16-13-6-8-17(9-7-13)15(18)21-3/h4-5,10,13,16H,6-9H2,1-3H3. The molecule has 0 bridgehead atoms. The third-order valence-electron chi connectivity index (χ3n) is 4.04. The number of carbonyl (C=O) groups excluding carboxylic acids is 1. The minimum atomic E-state index is -3.53. The predicted molar refractivity (Wildman–Crippen MR) is 83.2 cm³/mol. The number of aryl methyl sites for hydroxylation is 2. The molecule has 22 heavy (non-hydrogen) atoms. The first kappa shape index (κ1) is 16.8. The second kappa shape index (κ2) is 6.66. The Labute approximate surface area is 131 Å². The number of rotatable bonds is 3. The lowest BCUT2D eigenvalue weighted by Gasteiger charge is -2.31. The molecule has 1 heterocycles. The van der Waals surface area contributed by atoms with E-state index in [4.69, 9.17) is 0 Å². The first-order valence-corrected chi connectivity index (χ1v) is 8.74. The summed E-state index contributed by atoms with van der Waals surface area (Å²) in [6, 6.07) is 4.95. The molecule has 0 radical (unpaired) electrons. The number of nitrogens with one attached hydrogen (secondary N) is 1. The van der Waals surface area contributed by atoms with Crippen LogP contribution in [0.4, 0.5) is 4.79 Å². The van der Waals surface area contributed by atoms with Crippen LogP contribution < -0.4 is 4.72 Å². The van der Waals surface area contributed by atoms with Gasteiger partial charge < -0.3 is 9.64 Å². The van der Waals surface area contributed by atoms with Crippen LogP contribution >= 0.6 is 0 Å². The van der Waals surface area contributed by atoms with Crippen molar-refractivity contribution in [2.75, 3.05) is 20.2 Å². The fourth-order valence-corrected chi connectivity index (χ4v) is 3.87. The van der Waals surface area contributed by atoms with E-state index in [-0.39, 0.29) is 17.0 Å². The van der Waals surface area contributed by atoms with Crippen molar-refractivity contribution in [2.24, 2.45) is 0 Å². The highest BCUT2D eigenvalue weighted by atomic mass is 32.2. The van der Waals surface area contributed by atoms with E-state index in [2.05, 4.69) is 9.46 Å². The number of piperidine rings is 1. The van der Waals surface area contributed by atoms with Crippen molar-refractivity contribution in [3.63, 3.8) is 0 Å². The van der Waals surface area contributed by atoms with Crippen LogP contribution in [-0.2, 0) is 14.8 Å². The molecule has 0 aliphatic carbocycles. The van der Waals surface area contributed by atoms with Crippen molar-refractivity contribution in [3.05, 3.63) is 29.3 Å². The first-order chi connectivity index (χ1) is 10.3. The SMILES string of the molecule is COC(=O)N1CCC(NS(=O)(=O)c2ccc(C)c(C)c2)CC1. The van der Waals surface area contributed by atoms with E-state index in [0.29, 0.717) is 25.9 Å². The second-order valence-corrected chi connectivity index (χ2v) is 7.31. The van der Waals surface area contributed by atoms with Gasteiger partial charge in [-0.2, -0.15) is 0 Å². The van der Waals surface area contributed by atoms with E-state index in [0.717, 1.165) is 11.1 Å². The second-order valence-electron chi connectivity index (χ2n) is 5.60. The van der Waals surface area contributed by atoms with Gasteiger partial charge in [0.2, 0.25) is 10.0 Å². The molecule has 1 aromatic carbocycles. The summed E-state index contributed by atoms with van der Waals surface area (Å²) in [5.74, 6) is 0. The molecule has 122 valence electrons. The van der Waals surface area contributed by atoms with Crippen LogP contribution in [0.3, 0.4) is 0 Å². The normalized spacial score (nSPS) is 16.6. The monoisotopic (exact) mass is 326 g/mol. The number of hydrogen-bond acceptors (Lipinski definition) is 4. The summed E-state index contributed by atoms with van der Waals surface area (Å²) in [5, 5.41) is 0. The molecule has 1 saturated heterocycles. The molecule has 1 aliphatic heterocycles. The van der Waals surface area contributed by atoms with Crippen LogP contribution in [0.15, 0.2) is 23.1 Å². The molecular weight excluding hydrogens is 304 g/mol. The number of benzene rings is 1. The summed E-state index contributed by atoms with van der Waals surface area (Å²) in [6.07, 6.45) is 0.800. The molecule has 0 atom stereocenters. The van der Waals surface area contributed by atoms with Crippen LogP contribution in [0, 0.1) is 13.8 Å². The Morgan fingerprint density at radius 2 is 1.86 bits per heavy atom. The molecule has 1 amide bonds. The van der Waals surface area contributed by atoms with Crippen molar-refractivity contribution >= 4 is 16.1 Å². The Balaban J connectivity index is 2.01. The lowest BCUT2D eigenvalue weighted by molar-refractivity contribution is 0.111. The molecular formula is C15H22N2O4S. The number of methoxy groups -OCH3 is 1. The number of likely N-dealkylation sites (tertiary alicyclic amines) is 1. The molecule has 1 N–H and O–H groups in total. The third-order valence-corrected chi connectivity index (χ3v) is 5.56. The van der Waals surface area contributed by atoms with Crippen LogP contribution in [0.5, 0.6) is 0 Å². The molecule has 0 saturated carbocycles. The van der Waals surface area contributed by atoms with Crippen molar-refractivity contribution in [1.82, 2.24) is 9.62 Å². The lowest BCUT2D eigenvalue weighted by Crippen LogP contribution is -2.46. The first-order valence-electron chi connectivity index (χ1n) is 7.26. The van der Waals surface area contributed by atoms with Crippen LogP contribution in [0.2, 0.25) is 0 Å². The summed E-state index contributed by atoms with van der Waals surface area (Å²) in [5.41, 5.74) is 2.01. The van der Waals surface area contributed by atoms with E-state index in [1.165, 1.54) is 7.11 Å². The molecule has 7 heteroatoms. The Hall–Kier alpha value is -1.60. The maximum absolute atomic E-state index is 12.4. The average molecular weight is 326 g/mol. The Morgan fingerprint density at radius 3 is 2.41 bits per heavy atom. The van der Waals surface area contributed by atoms with E-state index in [1.54, 1.807) is 17.0 Å². The summed E-state index contributed by atoms with van der Waals surface area (Å²) < 4.78 is 32.2.